The normalized spacial score (nSPS) is 14.7. The molecule has 7 heteroatoms. The maximum atomic E-state index is 12.1. The third-order valence-corrected chi connectivity index (χ3v) is 5.87. The Labute approximate surface area is 175 Å². The van der Waals surface area contributed by atoms with Gasteiger partial charge in [0.25, 0.3) is 5.91 Å². The Bertz CT molecular complexity index is 907. The van der Waals surface area contributed by atoms with Gasteiger partial charge in [0.05, 0.1) is 0 Å². The molecule has 1 aromatic heterocycles. The van der Waals surface area contributed by atoms with Crippen molar-refractivity contribution >= 4 is 22.6 Å². The van der Waals surface area contributed by atoms with Gasteiger partial charge in [0.15, 0.2) is 0 Å². The number of nitrogens with one attached hydrogen (secondary N) is 1. The number of nitrogens with zero attached hydrogens (tertiary/aromatic N) is 4. The molecule has 2 aromatic carbocycles. The van der Waals surface area contributed by atoms with Gasteiger partial charge in [-0.1, -0.05) is 48.5 Å². The molecule has 3 aromatic rings. The molecule has 1 saturated heterocycles. The number of benzene rings is 2. The first-order chi connectivity index (χ1) is 14.3. The molecule has 29 heavy (non-hydrogen) atoms. The Balaban J connectivity index is 1.20. The first kappa shape index (κ1) is 19.5. The number of rotatable bonds is 7. The first-order valence-electron chi connectivity index (χ1n) is 9.95. The van der Waals surface area contributed by atoms with Crippen LogP contribution in [0.2, 0.25) is 0 Å². The van der Waals surface area contributed by atoms with Crippen LogP contribution in [0.15, 0.2) is 60.7 Å². The summed E-state index contributed by atoms with van der Waals surface area (Å²) in [5.74, 6) is 0.881. The van der Waals surface area contributed by atoms with Gasteiger partial charge in [0.1, 0.15) is 5.82 Å². The van der Waals surface area contributed by atoms with Crippen molar-refractivity contribution in [2.24, 2.45) is 0 Å². The number of carbonyl (C=O) groups excluding carboxylic acids is 1. The van der Waals surface area contributed by atoms with Gasteiger partial charge in [0.2, 0.25) is 5.13 Å². The minimum Gasteiger partial charge on any atom is -0.351 e. The molecular formula is C22H25N5OS. The molecule has 0 spiro atoms. The van der Waals surface area contributed by atoms with Crippen LogP contribution in [-0.4, -0.2) is 59.4 Å². The van der Waals surface area contributed by atoms with E-state index in [9.17, 15) is 4.79 Å². The van der Waals surface area contributed by atoms with Gasteiger partial charge in [0, 0.05) is 62.8 Å². The van der Waals surface area contributed by atoms with Crippen molar-refractivity contribution < 1.29 is 4.79 Å². The summed E-state index contributed by atoms with van der Waals surface area (Å²) in [5.41, 5.74) is 1.94. The van der Waals surface area contributed by atoms with Gasteiger partial charge >= 0.3 is 0 Å². The van der Waals surface area contributed by atoms with E-state index in [2.05, 4.69) is 31.6 Å². The second-order valence-electron chi connectivity index (χ2n) is 7.11. The second kappa shape index (κ2) is 9.62. The molecule has 6 nitrogen and oxygen atoms in total. The average molecular weight is 408 g/mol. The lowest BCUT2D eigenvalue weighted by Crippen LogP contribution is -2.48. The summed E-state index contributed by atoms with van der Waals surface area (Å²) >= 11 is 1.49. The van der Waals surface area contributed by atoms with Crippen molar-refractivity contribution in [1.29, 1.82) is 0 Å². The third-order valence-electron chi connectivity index (χ3n) is 5.05. The number of carbonyl (C=O) groups is 1. The summed E-state index contributed by atoms with van der Waals surface area (Å²) in [6, 6.07) is 19.7. The lowest BCUT2D eigenvalue weighted by atomic mass is 10.1. The Morgan fingerprint density at radius 1 is 0.966 bits per heavy atom. The molecule has 4 rings (SSSR count). The van der Waals surface area contributed by atoms with Gasteiger partial charge in [-0.3, -0.25) is 9.69 Å². The van der Waals surface area contributed by atoms with E-state index in [1.54, 1.807) is 0 Å². The smallest absolute Gasteiger partial charge is 0.251 e. The molecule has 0 radical (unpaired) electrons. The molecule has 1 amide bonds. The maximum Gasteiger partial charge on any atom is 0.251 e. The first-order valence-corrected chi connectivity index (χ1v) is 10.7. The highest BCUT2D eigenvalue weighted by Gasteiger charge is 2.20. The SMILES string of the molecule is O=C(NCCN1CCN(c2nc(Cc3ccccc3)ns2)CC1)c1ccccc1. The predicted octanol–water partition coefficient (Wildman–Crippen LogP) is 2.68. The van der Waals surface area contributed by atoms with E-state index in [4.69, 9.17) is 4.98 Å². The minimum atomic E-state index is -0.0101. The van der Waals surface area contributed by atoms with E-state index in [1.165, 1.54) is 17.1 Å². The summed E-state index contributed by atoms with van der Waals surface area (Å²) in [7, 11) is 0. The molecule has 1 fully saturated rings. The van der Waals surface area contributed by atoms with Crippen molar-refractivity contribution in [1.82, 2.24) is 19.6 Å². The minimum absolute atomic E-state index is 0.0101. The summed E-state index contributed by atoms with van der Waals surface area (Å²) in [5, 5.41) is 4.01. The molecule has 0 unspecified atom stereocenters. The number of anilines is 1. The molecule has 1 aliphatic rings. The van der Waals surface area contributed by atoms with Crippen LogP contribution in [0.3, 0.4) is 0 Å². The zero-order chi connectivity index (χ0) is 19.9. The molecule has 1 N–H and O–H groups in total. The molecular weight excluding hydrogens is 382 g/mol. The third kappa shape index (κ3) is 5.40. The van der Waals surface area contributed by atoms with Crippen LogP contribution < -0.4 is 10.2 Å². The van der Waals surface area contributed by atoms with E-state index in [0.29, 0.717) is 12.1 Å². The van der Waals surface area contributed by atoms with Crippen LogP contribution in [0.5, 0.6) is 0 Å². The summed E-state index contributed by atoms with van der Waals surface area (Å²) in [4.78, 5) is 21.5. The van der Waals surface area contributed by atoms with Gasteiger partial charge in [-0.25, -0.2) is 4.98 Å². The van der Waals surface area contributed by atoms with Crippen LogP contribution in [0, 0.1) is 0 Å². The van der Waals surface area contributed by atoms with Crippen molar-refractivity contribution in [2.75, 3.05) is 44.2 Å². The molecule has 0 saturated carbocycles. The van der Waals surface area contributed by atoms with Crippen LogP contribution in [0.4, 0.5) is 5.13 Å². The fourth-order valence-corrected chi connectivity index (χ4v) is 4.14. The average Bonchev–Trinajstić information content (AvgIpc) is 3.24. The van der Waals surface area contributed by atoms with Crippen molar-refractivity contribution in [2.45, 2.75) is 6.42 Å². The quantitative estimate of drug-likeness (QED) is 0.653. The highest BCUT2D eigenvalue weighted by molar-refractivity contribution is 7.09. The number of aromatic nitrogens is 2. The monoisotopic (exact) mass is 407 g/mol. The molecule has 0 atom stereocenters. The van der Waals surface area contributed by atoms with Gasteiger partial charge in [-0.05, 0) is 17.7 Å². The number of hydrogen-bond donors (Lipinski definition) is 1. The van der Waals surface area contributed by atoms with Crippen molar-refractivity contribution in [3.05, 3.63) is 77.6 Å². The molecule has 150 valence electrons. The number of hydrogen-bond acceptors (Lipinski definition) is 6. The lowest BCUT2D eigenvalue weighted by Gasteiger charge is -2.34. The van der Waals surface area contributed by atoms with E-state index in [0.717, 1.165) is 50.1 Å². The van der Waals surface area contributed by atoms with Gasteiger partial charge < -0.3 is 10.2 Å². The topological polar surface area (TPSA) is 61.4 Å². The summed E-state index contributed by atoms with van der Waals surface area (Å²) < 4.78 is 4.53. The largest absolute Gasteiger partial charge is 0.351 e. The fraction of sp³-hybridized carbons (Fsp3) is 0.318. The van der Waals surface area contributed by atoms with Crippen LogP contribution in [0.25, 0.3) is 0 Å². The van der Waals surface area contributed by atoms with E-state index in [1.807, 2.05) is 48.5 Å². The van der Waals surface area contributed by atoms with Crippen molar-refractivity contribution in [3.63, 3.8) is 0 Å². The standard InChI is InChI=1S/C22H25N5OS/c28-21(19-9-5-2-6-10-19)23-11-12-26-13-15-27(16-14-26)22-24-20(25-29-22)17-18-7-3-1-4-8-18/h1-10H,11-17H2,(H,23,28). The highest BCUT2D eigenvalue weighted by atomic mass is 32.1. The Kier molecular flexibility index (Phi) is 6.49. The van der Waals surface area contributed by atoms with E-state index in [-0.39, 0.29) is 5.91 Å². The molecule has 0 bridgehead atoms. The number of piperazine rings is 1. The predicted molar refractivity (Wildman–Crippen MR) is 117 cm³/mol. The zero-order valence-electron chi connectivity index (χ0n) is 16.3. The van der Waals surface area contributed by atoms with E-state index < -0.39 is 0 Å². The van der Waals surface area contributed by atoms with E-state index >= 15 is 0 Å². The summed E-state index contributed by atoms with van der Waals surface area (Å²) in [6.45, 7) is 5.33. The van der Waals surface area contributed by atoms with Gasteiger partial charge in [-0.15, -0.1) is 0 Å². The van der Waals surface area contributed by atoms with Crippen LogP contribution in [-0.2, 0) is 6.42 Å². The zero-order valence-corrected chi connectivity index (χ0v) is 17.1. The molecule has 2 heterocycles. The van der Waals surface area contributed by atoms with Crippen LogP contribution >= 0.6 is 11.5 Å². The highest BCUT2D eigenvalue weighted by Crippen LogP contribution is 2.20. The fourth-order valence-electron chi connectivity index (χ4n) is 3.41. The maximum absolute atomic E-state index is 12.1. The summed E-state index contributed by atoms with van der Waals surface area (Å²) in [6.07, 6.45) is 0.776. The van der Waals surface area contributed by atoms with Gasteiger partial charge in [-0.2, -0.15) is 4.37 Å². The molecule has 1 aliphatic heterocycles. The number of amides is 1. The second-order valence-corrected chi connectivity index (χ2v) is 7.84. The Morgan fingerprint density at radius 3 is 2.38 bits per heavy atom. The Morgan fingerprint density at radius 2 is 1.66 bits per heavy atom. The lowest BCUT2D eigenvalue weighted by molar-refractivity contribution is 0.0948. The van der Waals surface area contributed by atoms with Crippen molar-refractivity contribution in [3.8, 4) is 0 Å². The Hall–Kier alpha value is -2.77. The van der Waals surface area contributed by atoms with Crippen LogP contribution in [0.1, 0.15) is 21.7 Å². The molecule has 0 aliphatic carbocycles.